The van der Waals surface area contributed by atoms with Gasteiger partial charge >= 0.3 is 0 Å². The van der Waals surface area contributed by atoms with Crippen LogP contribution in [0.15, 0.2) is 0 Å². The molecule has 17 heavy (non-hydrogen) atoms. The molecule has 0 saturated heterocycles. The van der Waals surface area contributed by atoms with Crippen molar-refractivity contribution >= 4 is 5.91 Å². The van der Waals surface area contributed by atoms with E-state index in [1.54, 1.807) is 0 Å². The molecular formula is C14H28N2O. The van der Waals surface area contributed by atoms with E-state index in [9.17, 15) is 4.79 Å². The van der Waals surface area contributed by atoms with Crippen molar-refractivity contribution in [2.45, 2.75) is 71.4 Å². The molecule has 0 aromatic carbocycles. The predicted octanol–water partition coefficient (Wildman–Crippen LogP) is 2.46. The van der Waals surface area contributed by atoms with Gasteiger partial charge in [0, 0.05) is 11.6 Å². The van der Waals surface area contributed by atoms with Crippen LogP contribution in [0.1, 0.15) is 59.8 Å². The van der Waals surface area contributed by atoms with Crippen LogP contribution < -0.4 is 10.6 Å². The molecule has 0 unspecified atom stereocenters. The van der Waals surface area contributed by atoms with Crippen LogP contribution in [0.5, 0.6) is 0 Å². The number of amides is 1. The van der Waals surface area contributed by atoms with Gasteiger partial charge in [-0.25, -0.2) is 0 Å². The summed E-state index contributed by atoms with van der Waals surface area (Å²) in [5.41, 5.74) is -0.0879. The first kappa shape index (κ1) is 14.5. The van der Waals surface area contributed by atoms with E-state index >= 15 is 0 Å². The van der Waals surface area contributed by atoms with Gasteiger partial charge in [0.05, 0.1) is 6.54 Å². The molecule has 3 nitrogen and oxygen atoms in total. The van der Waals surface area contributed by atoms with Crippen LogP contribution in [0, 0.1) is 5.92 Å². The SMILES string of the molecule is CCC(C)(C)NC(=O)CN[C@H](C)C1CCCC1. The molecule has 0 aliphatic heterocycles. The van der Waals surface area contributed by atoms with Crippen LogP contribution >= 0.6 is 0 Å². The fourth-order valence-electron chi connectivity index (χ4n) is 2.39. The van der Waals surface area contributed by atoms with Crippen molar-refractivity contribution in [3.8, 4) is 0 Å². The highest BCUT2D eigenvalue weighted by atomic mass is 16.2. The number of rotatable bonds is 6. The van der Waals surface area contributed by atoms with Crippen molar-refractivity contribution in [2.24, 2.45) is 5.92 Å². The molecule has 1 saturated carbocycles. The molecule has 1 atom stereocenters. The van der Waals surface area contributed by atoms with Crippen molar-refractivity contribution in [1.82, 2.24) is 10.6 Å². The minimum atomic E-state index is -0.0879. The van der Waals surface area contributed by atoms with Crippen molar-refractivity contribution < 1.29 is 4.79 Å². The van der Waals surface area contributed by atoms with Gasteiger partial charge in [-0.1, -0.05) is 19.8 Å². The highest BCUT2D eigenvalue weighted by Gasteiger charge is 2.22. The quantitative estimate of drug-likeness (QED) is 0.749. The number of carbonyl (C=O) groups excluding carboxylic acids is 1. The lowest BCUT2D eigenvalue weighted by atomic mass is 9.99. The second-order valence-electron chi connectivity index (χ2n) is 6.00. The lowest BCUT2D eigenvalue weighted by Gasteiger charge is -2.26. The highest BCUT2D eigenvalue weighted by molar-refractivity contribution is 5.78. The fourth-order valence-corrected chi connectivity index (χ4v) is 2.39. The zero-order valence-corrected chi connectivity index (χ0v) is 11.8. The smallest absolute Gasteiger partial charge is 0.234 e. The number of hydrogen-bond donors (Lipinski definition) is 2. The Bertz CT molecular complexity index is 245. The van der Waals surface area contributed by atoms with Gasteiger partial charge < -0.3 is 10.6 Å². The van der Waals surface area contributed by atoms with Crippen LogP contribution in [0.25, 0.3) is 0 Å². The first-order chi connectivity index (χ1) is 7.94. The Morgan fingerprint density at radius 1 is 1.35 bits per heavy atom. The summed E-state index contributed by atoms with van der Waals surface area (Å²) in [5, 5.41) is 6.41. The highest BCUT2D eigenvalue weighted by Crippen LogP contribution is 2.27. The van der Waals surface area contributed by atoms with Gasteiger partial charge in [0.1, 0.15) is 0 Å². The standard InChI is InChI=1S/C14H28N2O/c1-5-14(3,4)16-13(17)10-15-11(2)12-8-6-7-9-12/h11-12,15H,5-10H2,1-4H3,(H,16,17)/t11-/m1/s1. The third-order valence-corrected chi connectivity index (χ3v) is 4.05. The molecule has 0 bridgehead atoms. The van der Waals surface area contributed by atoms with Crippen molar-refractivity contribution in [3.05, 3.63) is 0 Å². The van der Waals surface area contributed by atoms with E-state index in [0.717, 1.165) is 12.3 Å². The van der Waals surface area contributed by atoms with E-state index in [4.69, 9.17) is 0 Å². The Hall–Kier alpha value is -0.570. The number of carbonyl (C=O) groups is 1. The first-order valence-electron chi connectivity index (χ1n) is 6.99. The predicted molar refractivity (Wildman–Crippen MR) is 71.9 cm³/mol. The average Bonchev–Trinajstić information content (AvgIpc) is 2.78. The lowest BCUT2D eigenvalue weighted by molar-refractivity contribution is -0.122. The van der Waals surface area contributed by atoms with Gasteiger partial charge in [-0.05, 0) is 46.0 Å². The van der Waals surface area contributed by atoms with Gasteiger partial charge in [-0.2, -0.15) is 0 Å². The Morgan fingerprint density at radius 3 is 2.47 bits per heavy atom. The van der Waals surface area contributed by atoms with E-state index in [1.165, 1.54) is 25.7 Å². The average molecular weight is 240 g/mol. The second kappa shape index (κ2) is 6.39. The fraction of sp³-hybridized carbons (Fsp3) is 0.929. The van der Waals surface area contributed by atoms with Crippen molar-refractivity contribution in [3.63, 3.8) is 0 Å². The molecule has 1 aliphatic rings. The summed E-state index contributed by atoms with van der Waals surface area (Å²) < 4.78 is 0. The van der Waals surface area contributed by atoms with Crippen LogP contribution in [-0.2, 0) is 4.79 Å². The first-order valence-corrected chi connectivity index (χ1v) is 6.99. The maximum Gasteiger partial charge on any atom is 0.234 e. The second-order valence-corrected chi connectivity index (χ2v) is 6.00. The molecule has 100 valence electrons. The van der Waals surface area contributed by atoms with Gasteiger partial charge in [0.2, 0.25) is 5.91 Å². The summed E-state index contributed by atoms with van der Waals surface area (Å²) in [4.78, 5) is 11.8. The van der Waals surface area contributed by atoms with Crippen molar-refractivity contribution in [2.75, 3.05) is 6.54 Å². The molecule has 2 N–H and O–H groups in total. The maximum atomic E-state index is 11.8. The van der Waals surface area contributed by atoms with Gasteiger partial charge in [-0.15, -0.1) is 0 Å². The Labute approximate surface area is 106 Å². The number of hydrogen-bond acceptors (Lipinski definition) is 2. The molecule has 1 amide bonds. The largest absolute Gasteiger partial charge is 0.350 e. The van der Waals surface area contributed by atoms with E-state index in [-0.39, 0.29) is 11.4 Å². The summed E-state index contributed by atoms with van der Waals surface area (Å²) in [7, 11) is 0. The Balaban J connectivity index is 2.23. The minimum absolute atomic E-state index is 0.0879. The molecule has 0 aromatic rings. The third-order valence-electron chi connectivity index (χ3n) is 4.05. The molecule has 3 heteroatoms. The van der Waals surface area contributed by atoms with Gasteiger partial charge in [-0.3, -0.25) is 4.79 Å². The molecule has 1 fully saturated rings. The molecule has 1 aliphatic carbocycles. The molecule has 0 aromatic heterocycles. The van der Waals surface area contributed by atoms with Crippen LogP contribution in [-0.4, -0.2) is 24.0 Å². The minimum Gasteiger partial charge on any atom is -0.350 e. The summed E-state index contributed by atoms with van der Waals surface area (Å²) in [5.74, 6) is 0.878. The molecular weight excluding hydrogens is 212 g/mol. The summed E-state index contributed by atoms with van der Waals surface area (Å²) >= 11 is 0. The molecule has 1 rings (SSSR count). The van der Waals surface area contributed by atoms with Crippen LogP contribution in [0.3, 0.4) is 0 Å². The summed E-state index contributed by atoms with van der Waals surface area (Å²) in [6.07, 6.45) is 6.29. The summed E-state index contributed by atoms with van der Waals surface area (Å²) in [6.45, 7) is 8.86. The maximum absolute atomic E-state index is 11.8. The lowest BCUT2D eigenvalue weighted by Crippen LogP contribution is -2.48. The van der Waals surface area contributed by atoms with E-state index in [1.807, 2.05) is 0 Å². The zero-order valence-electron chi connectivity index (χ0n) is 11.8. The normalized spacial score (nSPS) is 19.3. The van der Waals surface area contributed by atoms with E-state index in [0.29, 0.717) is 12.6 Å². The van der Waals surface area contributed by atoms with E-state index < -0.39 is 0 Å². The molecule has 0 heterocycles. The zero-order chi connectivity index (χ0) is 12.9. The molecule has 0 spiro atoms. The summed E-state index contributed by atoms with van der Waals surface area (Å²) in [6, 6.07) is 0.466. The monoisotopic (exact) mass is 240 g/mol. The topological polar surface area (TPSA) is 41.1 Å². The Kier molecular flexibility index (Phi) is 5.44. The number of nitrogens with one attached hydrogen (secondary N) is 2. The Morgan fingerprint density at radius 2 is 1.94 bits per heavy atom. The van der Waals surface area contributed by atoms with Gasteiger partial charge in [0.15, 0.2) is 0 Å². The molecule has 0 radical (unpaired) electrons. The van der Waals surface area contributed by atoms with Crippen molar-refractivity contribution in [1.29, 1.82) is 0 Å². The third kappa shape index (κ3) is 5.07. The van der Waals surface area contributed by atoms with Crippen LogP contribution in [0.4, 0.5) is 0 Å². The van der Waals surface area contributed by atoms with E-state index in [2.05, 4.69) is 38.3 Å². The van der Waals surface area contributed by atoms with Gasteiger partial charge in [0.25, 0.3) is 0 Å². The van der Waals surface area contributed by atoms with Crippen LogP contribution in [0.2, 0.25) is 0 Å².